The van der Waals surface area contributed by atoms with E-state index < -0.39 is 23.6 Å². The summed E-state index contributed by atoms with van der Waals surface area (Å²) in [4.78, 5) is 15.6. The molecule has 0 bridgehead atoms. The number of halogens is 2. The third-order valence-electron chi connectivity index (χ3n) is 4.16. The number of pyridine rings is 1. The maximum atomic E-state index is 14.2. The van der Waals surface area contributed by atoms with Crippen molar-refractivity contribution in [2.75, 3.05) is 6.61 Å². The molecule has 2 aromatic rings. The summed E-state index contributed by atoms with van der Waals surface area (Å²) in [5, 5.41) is 9.38. The van der Waals surface area contributed by atoms with Gasteiger partial charge in [0.1, 0.15) is 23.4 Å². The summed E-state index contributed by atoms with van der Waals surface area (Å²) in [5.74, 6) is -2.13. The van der Waals surface area contributed by atoms with Crippen molar-refractivity contribution >= 4 is 5.91 Å². The number of hydrogen-bond acceptors (Lipinski definition) is 4. The Morgan fingerprint density at radius 1 is 1.38 bits per heavy atom. The van der Waals surface area contributed by atoms with Crippen molar-refractivity contribution in [3.8, 4) is 17.0 Å². The highest BCUT2D eigenvalue weighted by molar-refractivity contribution is 5.93. The van der Waals surface area contributed by atoms with Crippen LogP contribution in [0.4, 0.5) is 8.78 Å². The van der Waals surface area contributed by atoms with Crippen molar-refractivity contribution in [1.29, 1.82) is 0 Å². The highest BCUT2D eigenvalue weighted by Gasteiger charge is 2.31. The smallest absolute Gasteiger partial charge is 0.267 e. The summed E-state index contributed by atoms with van der Waals surface area (Å²) in [6, 6.07) is 4.59. The van der Waals surface area contributed by atoms with Crippen LogP contribution < -0.4 is 10.5 Å². The third-order valence-corrected chi connectivity index (χ3v) is 4.16. The molecule has 1 aromatic heterocycles. The number of primary amides is 1. The zero-order valence-corrected chi connectivity index (χ0v) is 12.9. The van der Waals surface area contributed by atoms with Crippen molar-refractivity contribution in [2.45, 2.75) is 19.4 Å². The predicted octanol–water partition coefficient (Wildman–Crippen LogP) is 2.06. The number of aliphatic hydroxyl groups is 1. The van der Waals surface area contributed by atoms with E-state index in [1.807, 2.05) is 6.92 Å². The van der Waals surface area contributed by atoms with Gasteiger partial charge >= 0.3 is 0 Å². The Morgan fingerprint density at radius 2 is 2.12 bits per heavy atom. The Hall–Kier alpha value is -2.54. The lowest BCUT2D eigenvalue weighted by Gasteiger charge is -2.31. The van der Waals surface area contributed by atoms with Crippen LogP contribution in [0.15, 0.2) is 24.3 Å². The largest absolute Gasteiger partial charge is 0.471 e. The van der Waals surface area contributed by atoms with Gasteiger partial charge in [0.05, 0.1) is 6.61 Å². The van der Waals surface area contributed by atoms with Crippen molar-refractivity contribution in [1.82, 2.24) is 4.98 Å². The van der Waals surface area contributed by atoms with E-state index in [-0.39, 0.29) is 29.7 Å². The van der Waals surface area contributed by atoms with Gasteiger partial charge in [-0.2, -0.15) is 0 Å². The number of aromatic nitrogens is 1. The normalized spacial score (nSPS) is 19.5. The van der Waals surface area contributed by atoms with Gasteiger partial charge in [-0.25, -0.2) is 13.8 Å². The third kappa shape index (κ3) is 2.82. The first-order valence-electron chi connectivity index (χ1n) is 7.47. The molecule has 2 atom stereocenters. The molecule has 3 rings (SSSR count). The maximum absolute atomic E-state index is 14.2. The molecule has 126 valence electrons. The zero-order chi connectivity index (χ0) is 17.4. The average Bonchev–Trinajstić information content (AvgIpc) is 2.53. The second-order valence-corrected chi connectivity index (χ2v) is 5.85. The standard InChI is InChI=1S/C17H16F2N2O3/c1-8-4-12-11(10-3-2-9(18)5-13(10)19)6-14(16(20)23)21-17(12)24-15(8)7-22/h2-3,5-6,8,15,22H,4,7H2,1H3,(H2,20,23)/t8-,15?/m1/s1. The molecule has 0 aliphatic carbocycles. The molecule has 0 radical (unpaired) electrons. The molecule has 2 heterocycles. The van der Waals surface area contributed by atoms with Gasteiger partial charge in [-0.3, -0.25) is 4.79 Å². The fourth-order valence-electron chi connectivity index (χ4n) is 2.85. The number of amides is 1. The molecule has 3 N–H and O–H groups in total. The second-order valence-electron chi connectivity index (χ2n) is 5.85. The zero-order valence-electron chi connectivity index (χ0n) is 12.9. The van der Waals surface area contributed by atoms with E-state index in [0.717, 1.165) is 12.1 Å². The Kier molecular flexibility index (Phi) is 4.19. The molecule has 1 aliphatic heterocycles. The first kappa shape index (κ1) is 16.3. The lowest BCUT2D eigenvalue weighted by atomic mass is 9.88. The van der Waals surface area contributed by atoms with Crippen LogP contribution in [0.1, 0.15) is 23.0 Å². The first-order valence-corrected chi connectivity index (χ1v) is 7.47. The topological polar surface area (TPSA) is 85.4 Å². The Bertz CT molecular complexity index is 811. The lowest BCUT2D eigenvalue weighted by molar-refractivity contribution is 0.0561. The molecule has 1 aromatic carbocycles. The van der Waals surface area contributed by atoms with E-state index in [4.69, 9.17) is 10.5 Å². The molecule has 0 saturated heterocycles. The number of carbonyl (C=O) groups is 1. The lowest BCUT2D eigenvalue weighted by Crippen LogP contribution is -2.35. The molecule has 0 spiro atoms. The average molecular weight is 334 g/mol. The molecule has 0 saturated carbocycles. The SMILES string of the molecule is C[C@@H]1Cc2c(-c3ccc(F)cc3F)cc(C(N)=O)nc2OC1CO. The number of hydrogen-bond donors (Lipinski definition) is 2. The molecule has 0 fully saturated rings. The van der Waals surface area contributed by atoms with E-state index in [9.17, 15) is 18.7 Å². The summed E-state index contributed by atoms with van der Waals surface area (Å²) in [6.45, 7) is 1.68. The Labute approximate surface area is 137 Å². The van der Waals surface area contributed by atoms with Crippen molar-refractivity contribution in [3.05, 3.63) is 47.2 Å². The van der Waals surface area contributed by atoms with Crippen LogP contribution in [-0.2, 0) is 6.42 Å². The van der Waals surface area contributed by atoms with Gasteiger partial charge in [-0.1, -0.05) is 6.92 Å². The molecule has 1 unspecified atom stereocenters. The number of rotatable bonds is 3. The van der Waals surface area contributed by atoms with Crippen molar-refractivity contribution < 1.29 is 23.4 Å². The minimum absolute atomic E-state index is 0.0361. The number of nitrogens with two attached hydrogens (primary N) is 1. The highest BCUT2D eigenvalue weighted by atomic mass is 19.1. The molecule has 7 heteroatoms. The number of ether oxygens (including phenoxy) is 1. The number of benzene rings is 1. The summed E-state index contributed by atoms with van der Waals surface area (Å²) < 4.78 is 33.1. The monoisotopic (exact) mass is 334 g/mol. The molecule has 1 amide bonds. The van der Waals surface area contributed by atoms with E-state index in [0.29, 0.717) is 17.5 Å². The van der Waals surface area contributed by atoms with Crippen LogP contribution in [0.3, 0.4) is 0 Å². The van der Waals surface area contributed by atoms with E-state index in [2.05, 4.69) is 4.98 Å². The van der Waals surface area contributed by atoms with Crippen molar-refractivity contribution in [3.63, 3.8) is 0 Å². The second kappa shape index (κ2) is 6.16. The maximum Gasteiger partial charge on any atom is 0.267 e. The number of fused-ring (bicyclic) bond motifs is 1. The number of carbonyl (C=O) groups excluding carboxylic acids is 1. The van der Waals surface area contributed by atoms with Gasteiger partial charge in [0.15, 0.2) is 0 Å². The molecule has 5 nitrogen and oxygen atoms in total. The van der Waals surface area contributed by atoms with Crippen LogP contribution in [-0.4, -0.2) is 28.7 Å². The Balaban J connectivity index is 2.21. The van der Waals surface area contributed by atoms with E-state index in [1.165, 1.54) is 12.1 Å². The van der Waals surface area contributed by atoms with Gasteiger partial charge in [0.25, 0.3) is 5.91 Å². The Morgan fingerprint density at radius 3 is 2.75 bits per heavy atom. The molecular formula is C17H16F2N2O3. The summed E-state index contributed by atoms with van der Waals surface area (Å²) in [6.07, 6.45) is -0.00213. The fraction of sp³-hybridized carbons (Fsp3) is 0.294. The fourth-order valence-corrected chi connectivity index (χ4v) is 2.85. The van der Waals surface area contributed by atoms with Gasteiger partial charge in [-0.05, 0) is 36.1 Å². The summed E-state index contributed by atoms with van der Waals surface area (Å²) in [5.41, 5.74) is 6.32. The van der Waals surface area contributed by atoms with Gasteiger partial charge in [-0.15, -0.1) is 0 Å². The van der Waals surface area contributed by atoms with Crippen LogP contribution in [0.5, 0.6) is 5.88 Å². The molecule has 24 heavy (non-hydrogen) atoms. The van der Waals surface area contributed by atoms with Crippen LogP contribution >= 0.6 is 0 Å². The van der Waals surface area contributed by atoms with Crippen LogP contribution in [0, 0.1) is 17.6 Å². The van der Waals surface area contributed by atoms with Gasteiger partial charge in [0, 0.05) is 17.2 Å². The van der Waals surface area contributed by atoms with Crippen molar-refractivity contribution in [2.24, 2.45) is 11.7 Å². The van der Waals surface area contributed by atoms with Gasteiger partial charge in [0.2, 0.25) is 5.88 Å². The minimum atomic E-state index is -0.788. The molecular weight excluding hydrogens is 318 g/mol. The quantitative estimate of drug-likeness (QED) is 0.900. The van der Waals surface area contributed by atoms with Crippen LogP contribution in [0.2, 0.25) is 0 Å². The number of aliphatic hydroxyl groups excluding tert-OH is 1. The van der Waals surface area contributed by atoms with E-state index in [1.54, 1.807) is 0 Å². The predicted molar refractivity (Wildman–Crippen MR) is 82.5 cm³/mol. The van der Waals surface area contributed by atoms with Crippen LogP contribution in [0.25, 0.3) is 11.1 Å². The molecule has 1 aliphatic rings. The number of nitrogens with zero attached hydrogens (tertiary/aromatic N) is 1. The van der Waals surface area contributed by atoms with E-state index >= 15 is 0 Å². The first-order chi connectivity index (χ1) is 11.4. The summed E-state index contributed by atoms with van der Waals surface area (Å²) in [7, 11) is 0. The van der Waals surface area contributed by atoms with Gasteiger partial charge < -0.3 is 15.6 Å². The minimum Gasteiger partial charge on any atom is -0.471 e. The summed E-state index contributed by atoms with van der Waals surface area (Å²) >= 11 is 0. The highest BCUT2D eigenvalue weighted by Crippen LogP contribution is 2.38.